The molecule has 1 unspecified atom stereocenters. The SMILES string of the molecule is CCC(CCc1ccc(OCC(=O)C(C)(C)C)c(CN)c1)c1ccc(CCC(=O)O)c(CN)c1. The third-order valence-corrected chi connectivity index (χ3v) is 6.34. The van der Waals surface area contributed by atoms with Crippen molar-refractivity contribution in [2.24, 2.45) is 16.9 Å². The molecular formula is C28H40N2O4. The van der Waals surface area contributed by atoms with E-state index in [0.717, 1.165) is 36.0 Å². The molecule has 0 fully saturated rings. The standard InChI is InChI=1S/C28H40N2O4/c1-5-20(22-10-9-21(11-13-27(32)33)23(15-22)16-29)8-6-19-7-12-25(24(14-19)17-30)34-18-26(31)28(2,3)4/h7,9-10,12,14-15,20H,5-6,8,11,13,16-18,29-30H2,1-4H3,(H,32,33). The van der Waals surface area contributed by atoms with Crippen LogP contribution in [0.5, 0.6) is 5.75 Å². The third-order valence-electron chi connectivity index (χ3n) is 6.34. The van der Waals surface area contributed by atoms with Crippen LogP contribution in [-0.2, 0) is 35.5 Å². The lowest BCUT2D eigenvalue weighted by Crippen LogP contribution is -2.26. The fraction of sp³-hybridized carbons (Fsp3) is 0.500. The summed E-state index contributed by atoms with van der Waals surface area (Å²) < 4.78 is 5.78. The lowest BCUT2D eigenvalue weighted by atomic mass is 9.87. The Morgan fingerprint density at radius 2 is 1.68 bits per heavy atom. The van der Waals surface area contributed by atoms with Crippen molar-refractivity contribution >= 4 is 11.8 Å². The molecule has 0 aliphatic carbocycles. The second kappa shape index (κ2) is 12.7. The molecule has 0 radical (unpaired) electrons. The van der Waals surface area contributed by atoms with Crippen LogP contribution in [0.25, 0.3) is 0 Å². The number of benzene rings is 2. The van der Waals surface area contributed by atoms with E-state index in [1.807, 2.05) is 39.0 Å². The monoisotopic (exact) mass is 468 g/mol. The number of carboxylic acids is 1. The molecule has 0 aliphatic rings. The fourth-order valence-corrected chi connectivity index (χ4v) is 3.97. The predicted octanol–water partition coefficient (Wildman–Crippen LogP) is 4.74. The van der Waals surface area contributed by atoms with E-state index in [1.165, 1.54) is 11.1 Å². The first-order valence-corrected chi connectivity index (χ1v) is 12.1. The smallest absolute Gasteiger partial charge is 0.303 e. The van der Waals surface area contributed by atoms with Crippen LogP contribution >= 0.6 is 0 Å². The van der Waals surface area contributed by atoms with E-state index in [4.69, 9.17) is 21.3 Å². The summed E-state index contributed by atoms with van der Waals surface area (Å²) >= 11 is 0. The van der Waals surface area contributed by atoms with Gasteiger partial charge < -0.3 is 21.3 Å². The molecule has 0 aliphatic heterocycles. The zero-order valence-corrected chi connectivity index (χ0v) is 21.0. The molecule has 1 atom stereocenters. The minimum atomic E-state index is -0.799. The summed E-state index contributed by atoms with van der Waals surface area (Å²) in [7, 11) is 0. The van der Waals surface area contributed by atoms with Gasteiger partial charge in [-0.2, -0.15) is 0 Å². The normalized spacial score (nSPS) is 12.4. The van der Waals surface area contributed by atoms with Gasteiger partial charge in [0.15, 0.2) is 5.78 Å². The van der Waals surface area contributed by atoms with Gasteiger partial charge in [-0.15, -0.1) is 0 Å². The Morgan fingerprint density at radius 1 is 0.971 bits per heavy atom. The summed E-state index contributed by atoms with van der Waals surface area (Å²) in [6.07, 6.45) is 3.47. The molecule has 0 spiro atoms. The summed E-state index contributed by atoms with van der Waals surface area (Å²) in [4.78, 5) is 23.1. The molecule has 186 valence electrons. The Balaban J connectivity index is 2.07. The first-order chi connectivity index (χ1) is 16.1. The molecule has 34 heavy (non-hydrogen) atoms. The number of hydrogen-bond acceptors (Lipinski definition) is 5. The number of nitrogens with two attached hydrogens (primary N) is 2. The number of ether oxygens (including phenoxy) is 1. The van der Waals surface area contributed by atoms with Gasteiger partial charge in [0.25, 0.3) is 0 Å². The van der Waals surface area contributed by atoms with E-state index >= 15 is 0 Å². The van der Waals surface area contributed by atoms with E-state index in [1.54, 1.807) is 0 Å². The number of aliphatic carboxylic acids is 1. The van der Waals surface area contributed by atoms with Gasteiger partial charge >= 0.3 is 5.97 Å². The lowest BCUT2D eigenvalue weighted by Gasteiger charge is -2.19. The second-order valence-corrected chi connectivity index (χ2v) is 9.88. The zero-order chi connectivity index (χ0) is 25.3. The van der Waals surface area contributed by atoms with E-state index in [9.17, 15) is 9.59 Å². The Labute approximate surface area is 203 Å². The third kappa shape index (κ3) is 7.96. The van der Waals surface area contributed by atoms with Crippen LogP contribution in [0, 0.1) is 5.41 Å². The summed E-state index contributed by atoms with van der Waals surface area (Å²) in [5.41, 5.74) is 16.8. The average molecular weight is 469 g/mol. The van der Waals surface area contributed by atoms with Crippen LogP contribution in [0.15, 0.2) is 36.4 Å². The highest BCUT2D eigenvalue weighted by Crippen LogP contribution is 2.29. The lowest BCUT2D eigenvalue weighted by molar-refractivity contribution is -0.137. The molecule has 2 aromatic carbocycles. The predicted molar refractivity (Wildman–Crippen MR) is 136 cm³/mol. The second-order valence-electron chi connectivity index (χ2n) is 9.88. The van der Waals surface area contributed by atoms with Crippen molar-refractivity contribution < 1.29 is 19.4 Å². The van der Waals surface area contributed by atoms with Crippen molar-refractivity contribution in [1.29, 1.82) is 0 Å². The van der Waals surface area contributed by atoms with Crippen molar-refractivity contribution in [1.82, 2.24) is 0 Å². The topological polar surface area (TPSA) is 116 Å². The molecule has 5 N–H and O–H groups in total. The molecule has 2 aromatic rings. The van der Waals surface area contributed by atoms with Crippen LogP contribution in [0.4, 0.5) is 0 Å². The molecule has 0 amide bonds. The largest absolute Gasteiger partial charge is 0.485 e. The molecule has 6 heteroatoms. The number of aryl methyl sites for hydroxylation is 2. The van der Waals surface area contributed by atoms with Crippen LogP contribution in [0.1, 0.15) is 80.7 Å². The summed E-state index contributed by atoms with van der Waals surface area (Å²) in [6.45, 7) is 8.63. The highest BCUT2D eigenvalue weighted by Gasteiger charge is 2.22. The molecule has 0 aromatic heterocycles. The first-order valence-electron chi connectivity index (χ1n) is 12.1. The van der Waals surface area contributed by atoms with E-state index in [0.29, 0.717) is 31.2 Å². The molecule has 2 rings (SSSR count). The number of hydrogen-bond donors (Lipinski definition) is 3. The van der Waals surface area contributed by atoms with Gasteiger partial charge in [-0.1, -0.05) is 58.0 Å². The van der Waals surface area contributed by atoms with Gasteiger partial charge in [0.2, 0.25) is 0 Å². The Hall–Kier alpha value is -2.70. The minimum absolute atomic E-state index is 0.0414. The van der Waals surface area contributed by atoms with Crippen LogP contribution < -0.4 is 16.2 Å². The summed E-state index contributed by atoms with van der Waals surface area (Å²) in [5, 5.41) is 8.98. The maximum absolute atomic E-state index is 12.2. The molecule has 6 nitrogen and oxygen atoms in total. The van der Waals surface area contributed by atoms with Crippen molar-refractivity contribution in [2.45, 2.75) is 78.8 Å². The van der Waals surface area contributed by atoms with Gasteiger partial charge in [-0.05, 0) is 59.9 Å². The summed E-state index contributed by atoms with van der Waals surface area (Å²) in [5.74, 6) is 0.296. The van der Waals surface area contributed by atoms with E-state index in [-0.39, 0.29) is 18.8 Å². The Morgan fingerprint density at radius 3 is 2.26 bits per heavy atom. The Bertz CT molecular complexity index is 979. The molecular weight excluding hydrogens is 428 g/mol. The van der Waals surface area contributed by atoms with Crippen LogP contribution in [0.2, 0.25) is 0 Å². The van der Waals surface area contributed by atoms with Gasteiger partial charge in [-0.3, -0.25) is 9.59 Å². The first kappa shape index (κ1) is 27.5. The fourth-order valence-electron chi connectivity index (χ4n) is 3.97. The van der Waals surface area contributed by atoms with Gasteiger partial charge in [0.1, 0.15) is 12.4 Å². The number of Topliss-reactive ketones (excluding diaryl/α,β-unsaturated/α-hetero) is 1. The van der Waals surface area contributed by atoms with Crippen molar-refractivity contribution in [3.05, 3.63) is 64.2 Å². The van der Waals surface area contributed by atoms with Gasteiger partial charge in [-0.25, -0.2) is 0 Å². The maximum Gasteiger partial charge on any atom is 0.303 e. The quantitative estimate of drug-likeness (QED) is 0.391. The Kier molecular flexibility index (Phi) is 10.3. The van der Waals surface area contributed by atoms with E-state index in [2.05, 4.69) is 25.1 Å². The maximum atomic E-state index is 12.2. The minimum Gasteiger partial charge on any atom is -0.485 e. The number of carboxylic acid groups (broad SMARTS) is 1. The van der Waals surface area contributed by atoms with Gasteiger partial charge in [0.05, 0.1) is 0 Å². The number of carbonyl (C=O) groups excluding carboxylic acids is 1. The number of ketones is 1. The van der Waals surface area contributed by atoms with Crippen molar-refractivity contribution in [3.8, 4) is 5.75 Å². The van der Waals surface area contributed by atoms with Crippen molar-refractivity contribution in [3.63, 3.8) is 0 Å². The summed E-state index contributed by atoms with van der Waals surface area (Å²) in [6, 6.07) is 12.3. The van der Waals surface area contributed by atoms with Gasteiger partial charge in [0, 0.05) is 30.5 Å². The highest BCUT2D eigenvalue weighted by atomic mass is 16.5. The molecule has 0 saturated carbocycles. The number of rotatable bonds is 13. The average Bonchev–Trinajstić information content (AvgIpc) is 2.81. The van der Waals surface area contributed by atoms with Crippen LogP contribution in [-0.4, -0.2) is 23.5 Å². The zero-order valence-electron chi connectivity index (χ0n) is 21.0. The molecule has 0 heterocycles. The number of carbonyl (C=O) groups is 2. The highest BCUT2D eigenvalue weighted by molar-refractivity contribution is 5.85. The van der Waals surface area contributed by atoms with Crippen LogP contribution in [0.3, 0.4) is 0 Å². The van der Waals surface area contributed by atoms with E-state index < -0.39 is 11.4 Å². The van der Waals surface area contributed by atoms with Crippen molar-refractivity contribution in [2.75, 3.05) is 6.61 Å². The molecule has 0 bridgehead atoms. The molecule has 0 saturated heterocycles.